The molecule has 0 aromatic carbocycles. The Bertz CT molecular complexity index is 316. The molecule has 1 heterocycles. The van der Waals surface area contributed by atoms with Gasteiger partial charge in [-0.3, -0.25) is 14.5 Å². The van der Waals surface area contributed by atoms with Crippen LogP contribution >= 0.6 is 0 Å². The molecule has 1 aliphatic heterocycles. The number of amides is 2. The summed E-state index contributed by atoms with van der Waals surface area (Å²) < 4.78 is 0. The SMILES string of the molecule is C/C=C/CCCN1C(=O)C(C)=C(C)C1=O. The summed E-state index contributed by atoms with van der Waals surface area (Å²) >= 11 is 0. The normalized spacial score (nSPS) is 17.4. The molecule has 0 unspecified atom stereocenters. The van der Waals surface area contributed by atoms with Crippen LogP contribution in [-0.2, 0) is 9.59 Å². The van der Waals surface area contributed by atoms with E-state index in [9.17, 15) is 9.59 Å². The standard InChI is InChI=1S/C12H17NO2/c1-4-5-6-7-8-13-11(14)9(2)10(3)12(13)15/h4-5H,6-8H2,1-3H3/b5-4+. The number of allylic oxidation sites excluding steroid dienone is 2. The van der Waals surface area contributed by atoms with Gasteiger partial charge in [0.25, 0.3) is 11.8 Å². The number of carbonyl (C=O) groups excluding carboxylic acids is 2. The lowest BCUT2D eigenvalue weighted by atomic mass is 10.2. The van der Waals surface area contributed by atoms with E-state index in [1.165, 1.54) is 4.90 Å². The minimum atomic E-state index is -0.127. The van der Waals surface area contributed by atoms with Crippen LogP contribution in [0.2, 0.25) is 0 Å². The molecule has 0 saturated heterocycles. The summed E-state index contributed by atoms with van der Waals surface area (Å²) in [5, 5.41) is 0. The molecule has 1 rings (SSSR count). The summed E-state index contributed by atoms with van der Waals surface area (Å²) in [6, 6.07) is 0. The number of nitrogens with zero attached hydrogens (tertiary/aromatic N) is 1. The first-order chi connectivity index (χ1) is 7.09. The molecule has 82 valence electrons. The van der Waals surface area contributed by atoms with Crippen LogP contribution in [0.1, 0.15) is 33.6 Å². The zero-order valence-corrected chi connectivity index (χ0v) is 9.54. The largest absolute Gasteiger partial charge is 0.275 e. The van der Waals surface area contributed by atoms with Gasteiger partial charge in [0.15, 0.2) is 0 Å². The van der Waals surface area contributed by atoms with Crippen molar-refractivity contribution < 1.29 is 9.59 Å². The highest BCUT2D eigenvalue weighted by Gasteiger charge is 2.32. The van der Waals surface area contributed by atoms with Gasteiger partial charge in [-0.05, 0) is 33.6 Å². The van der Waals surface area contributed by atoms with Gasteiger partial charge in [0.2, 0.25) is 0 Å². The van der Waals surface area contributed by atoms with E-state index in [-0.39, 0.29) is 11.8 Å². The Morgan fingerprint density at radius 1 is 1.13 bits per heavy atom. The van der Waals surface area contributed by atoms with Crippen LogP contribution in [-0.4, -0.2) is 23.3 Å². The molecule has 0 saturated carbocycles. The van der Waals surface area contributed by atoms with Crippen LogP contribution in [0.25, 0.3) is 0 Å². The maximum atomic E-state index is 11.6. The molecule has 0 bridgehead atoms. The average Bonchev–Trinajstić information content (AvgIpc) is 2.41. The highest BCUT2D eigenvalue weighted by Crippen LogP contribution is 2.19. The number of unbranched alkanes of at least 4 members (excludes halogenated alkanes) is 1. The van der Waals surface area contributed by atoms with Crippen LogP contribution in [0.3, 0.4) is 0 Å². The van der Waals surface area contributed by atoms with Crippen molar-refractivity contribution in [1.29, 1.82) is 0 Å². The summed E-state index contributed by atoms with van der Waals surface area (Å²) in [7, 11) is 0. The molecule has 15 heavy (non-hydrogen) atoms. The van der Waals surface area contributed by atoms with E-state index in [4.69, 9.17) is 0 Å². The van der Waals surface area contributed by atoms with E-state index in [2.05, 4.69) is 0 Å². The van der Waals surface area contributed by atoms with Crippen molar-refractivity contribution >= 4 is 11.8 Å². The summed E-state index contributed by atoms with van der Waals surface area (Å²) in [6.45, 7) is 5.90. The molecule has 1 aliphatic rings. The van der Waals surface area contributed by atoms with Gasteiger partial charge in [0.1, 0.15) is 0 Å². The number of imide groups is 1. The molecule has 3 heteroatoms. The van der Waals surface area contributed by atoms with Crippen molar-refractivity contribution in [3.63, 3.8) is 0 Å². The van der Waals surface area contributed by atoms with Gasteiger partial charge in [-0.15, -0.1) is 0 Å². The summed E-state index contributed by atoms with van der Waals surface area (Å²) in [4.78, 5) is 24.6. The van der Waals surface area contributed by atoms with Gasteiger partial charge in [-0.1, -0.05) is 12.2 Å². The lowest BCUT2D eigenvalue weighted by Crippen LogP contribution is -2.32. The highest BCUT2D eigenvalue weighted by molar-refractivity contribution is 6.18. The average molecular weight is 207 g/mol. The van der Waals surface area contributed by atoms with Crippen molar-refractivity contribution in [3.05, 3.63) is 23.3 Å². The third-order valence-corrected chi connectivity index (χ3v) is 2.68. The molecule has 0 fully saturated rings. The van der Waals surface area contributed by atoms with E-state index in [1.807, 2.05) is 19.1 Å². The molecule has 2 amide bonds. The van der Waals surface area contributed by atoms with Crippen molar-refractivity contribution in [2.24, 2.45) is 0 Å². The second kappa shape index (κ2) is 4.91. The Labute approximate surface area is 90.5 Å². The highest BCUT2D eigenvalue weighted by atomic mass is 16.2. The van der Waals surface area contributed by atoms with Crippen molar-refractivity contribution in [2.45, 2.75) is 33.6 Å². The lowest BCUT2D eigenvalue weighted by molar-refractivity contribution is -0.137. The minimum absolute atomic E-state index is 0.127. The fraction of sp³-hybridized carbons (Fsp3) is 0.500. The summed E-state index contributed by atoms with van der Waals surface area (Å²) in [6.07, 6.45) is 5.76. The Balaban J connectivity index is 2.53. The van der Waals surface area contributed by atoms with Crippen LogP contribution in [0.4, 0.5) is 0 Å². The summed E-state index contributed by atoms with van der Waals surface area (Å²) in [5.74, 6) is -0.254. The van der Waals surface area contributed by atoms with Crippen LogP contribution < -0.4 is 0 Å². The molecule has 0 aromatic rings. The maximum absolute atomic E-state index is 11.6. The Morgan fingerprint density at radius 2 is 1.67 bits per heavy atom. The first kappa shape index (κ1) is 11.7. The molecular formula is C12H17NO2. The topological polar surface area (TPSA) is 37.4 Å². The minimum Gasteiger partial charge on any atom is -0.275 e. The molecule has 0 spiro atoms. The van der Waals surface area contributed by atoms with Gasteiger partial charge in [0.05, 0.1) is 0 Å². The first-order valence-corrected chi connectivity index (χ1v) is 5.24. The van der Waals surface area contributed by atoms with Crippen molar-refractivity contribution in [1.82, 2.24) is 4.90 Å². The fourth-order valence-corrected chi connectivity index (χ4v) is 1.55. The van der Waals surface area contributed by atoms with Crippen LogP contribution in [0.15, 0.2) is 23.3 Å². The van der Waals surface area contributed by atoms with E-state index in [1.54, 1.807) is 13.8 Å². The predicted octanol–water partition coefficient (Wildman–Crippen LogP) is 2.05. The Kier molecular flexibility index (Phi) is 3.83. The molecule has 0 aliphatic carbocycles. The molecule has 0 aromatic heterocycles. The zero-order chi connectivity index (χ0) is 11.4. The Hall–Kier alpha value is -1.38. The molecular weight excluding hydrogens is 190 g/mol. The smallest absolute Gasteiger partial charge is 0.256 e. The van der Waals surface area contributed by atoms with Crippen molar-refractivity contribution in [2.75, 3.05) is 6.54 Å². The van der Waals surface area contributed by atoms with Gasteiger partial charge in [-0.25, -0.2) is 0 Å². The fourth-order valence-electron chi connectivity index (χ4n) is 1.55. The zero-order valence-electron chi connectivity index (χ0n) is 9.54. The second-order valence-corrected chi connectivity index (χ2v) is 3.72. The molecule has 0 atom stereocenters. The van der Waals surface area contributed by atoms with Gasteiger partial charge in [0, 0.05) is 17.7 Å². The molecule has 3 nitrogen and oxygen atoms in total. The van der Waals surface area contributed by atoms with Crippen LogP contribution in [0.5, 0.6) is 0 Å². The third kappa shape index (κ3) is 2.35. The quantitative estimate of drug-likeness (QED) is 0.402. The summed E-state index contributed by atoms with van der Waals surface area (Å²) in [5.41, 5.74) is 1.18. The maximum Gasteiger partial charge on any atom is 0.256 e. The molecule has 0 radical (unpaired) electrons. The number of carbonyl (C=O) groups is 2. The van der Waals surface area contributed by atoms with E-state index in [0.717, 1.165) is 12.8 Å². The predicted molar refractivity (Wildman–Crippen MR) is 59.1 cm³/mol. The van der Waals surface area contributed by atoms with E-state index < -0.39 is 0 Å². The number of rotatable bonds is 4. The van der Waals surface area contributed by atoms with E-state index >= 15 is 0 Å². The second-order valence-electron chi connectivity index (χ2n) is 3.72. The van der Waals surface area contributed by atoms with Crippen LogP contribution in [0, 0.1) is 0 Å². The van der Waals surface area contributed by atoms with Crippen molar-refractivity contribution in [3.8, 4) is 0 Å². The van der Waals surface area contributed by atoms with Gasteiger partial charge >= 0.3 is 0 Å². The number of hydrogen-bond acceptors (Lipinski definition) is 2. The first-order valence-electron chi connectivity index (χ1n) is 5.24. The Morgan fingerprint density at radius 3 is 2.13 bits per heavy atom. The van der Waals surface area contributed by atoms with E-state index in [0.29, 0.717) is 17.7 Å². The number of hydrogen-bond donors (Lipinski definition) is 0. The molecule has 0 N–H and O–H groups in total. The monoisotopic (exact) mass is 207 g/mol. The van der Waals surface area contributed by atoms with Gasteiger partial charge < -0.3 is 0 Å². The third-order valence-electron chi connectivity index (χ3n) is 2.68. The van der Waals surface area contributed by atoms with Gasteiger partial charge in [-0.2, -0.15) is 0 Å². The lowest BCUT2D eigenvalue weighted by Gasteiger charge is -2.13.